The van der Waals surface area contributed by atoms with Crippen molar-refractivity contribution in [2.24, 2.45) is 0 Å². The van der Waals surface area contributed by atoms with Crippen LogP contribution in [0, 0.1) is 0 Å². The van der Waals surface area contributed by atoms with Crippen LogP contribution in [-0.2, 0) is 22.5 Å². The lowest BCUT2D eigenvalue weighted by atomic mass is 9.97. The molecule has 3 aromatic rings. The molecule has 0 spiro atoms. The van der Waals surface area contributed by atoms with Gasteiger partial charge in [0.05, 0.1) is 25.2 Å². The third-order valence-corrected chi connectivity index (χ3v) is 8.15. The Morgan fingerprint density at radius 2 is 1.97 bits per heavy atom. The summed E-state index contributed by atoms with van der Waals surface area (Å²) >= 11 is 1.64. The van der Waals surface area contributed by atoms with Crippen LogP contribution in [0.2, 0.25) is 0 Å². The third-order valence-electron chi connectivity index (χ3n) is 7.41. The fourth-order valence-corrected chi connectivity index (χ4v) is 6.02. The summed E-state index contributed by atoms with van der Waals surface area (Å²) in [7, 11) is 0. The Morgan fingerprint density at radius 3 is 2.76 bits per heavy atom. The molecule has 0 atom stereocenters. The molecular weight excluding hydrogens is 486 g/mol. The van der Waals surface area contributed by atoms with Crippen molar-refractivity contribution in [3.05, 3.63) is 57.8 Å². The molecule has 0 unspecified atom stereocenters. The molecule has 1 saturated heterocycles. The van der Waals surface area contributed by atoms with Gasteiger partial charge in [-0.25, -0.2) is 4.98 Å². The number of fused-ring (bicyclic) bond motifs is 2. The summed E-state index contributed by atoms with van der Waals surface area (Å²) < 4.78 is 16.9. The molecule has 1 amide bonds. The fraction of sp³-hybridized carbons (Fsp3) is 0.448. The van der Waals surface area contributed by atoms with Gasteiger partial charge in [-0.05, 0) is 66.6 Å². The second-order valence-corrected chi connectivity index (χ2v) is 10.7. The van der Waals surface area contributed by atoms with Gasteiger partial charge in [-0.15, -0.1) is 0 Å². The van der Waals surface area contributed by atoms with Crippen molar-refractivity contribution in [2.45, 2.75) is 45.1 Å². The number of aromatic nitrogens is 1. The summed E-state index contributed by atoms with van der Waals surface area (Å²) in [5, 5.41) is 5.10. The Hall–Kier alpha value is -3.10. The molecule has 4 heterocycles. The second kappa shape index (κ2) is 11.1. The molecule has 0 saturated carbocycles. The van der Waals surface area contributed by atoms with Crippen LogP contribution < -0.4 is 14.4 Å². The van der Waals surface area contributed by atoms with Gasteiger partial charge >= 0.3 is 0 Å². The Labute approximate surface area is 221 Å². The minimum Gasteiger partial charge on any atom is -0.454 e. The number of carbonyl (C=O) groups excluding carboxylic acids is 1. The van der Waals surface area contributed by atoms with Crippen molar-refractivity contribution in [1.29, 1.82) is 0 Å². The van der Waals surface area contributed by atoms with Crippen molar-refractivity contribution in [2.75, 3.05) is 44.5 Å². The standard InChI is InChI=1S/C29H33N3O4S/c33-28(14-22-7-13-37-19-22)32(8-6-21-4-2-1-3-5-21)18-24-15-23-16-26-27(36-20-35-26)17-25(23)30-29(24)31-9-11-34-12-10-31/h4,7,13,15-17,19H,1-3,5-6,8-12,14,18,20H2. The number of hydrogen-bond donors (Lipinski definition) is 0. The van der Waals surface area contributed by atoms with Crippen LogP contribution in [0.3, 0.4) is 0 Å². The van der Waals surface area contributed by atoms with Crippen molar-refractivity contribution in [3.8, 4) is 11.5 Å². The van der Waals surface area contributed by atoms with Gasteiger partial charge in [-0.3, -0.25) is 4.79 Å². The highest BCUT2D eigenvalue weighted by Crippen LogP contribution is 2.37. The maximum atomic E-state index is 13.6. The Kier molecular flexibility index (Phi) is 7.28. The van der Waals surface area contributed by atoms with E-state index in [-0.39, 0.29) is 12.7 Å². The third kappa shape index (κ3) is 5.60. The zero-order valence-electron chi connectivity index (χ0n) is 21.1. The minimum atomic E-state index is 0.161. The lowest BCUT2D eigenvalue weighted by Crippen LogP contribution is -2.38. The van der Waals surface area contributed by atoms with Crippen LogP contribution >= 0.6 is 11.3 Å². The normalized spacial score (nSPS) is 17.2. The number of allylic oxidation sites excluding steroid dienone is 1. The molecule has 8 heteroatoms. The number of nitrogens with zero attached hydrogens (tertiary/aromatic N) is 3. The van der Waals surface area contributed by atoms with Gasteiger partial charge in [-0.2, -0.15) is 11.3 Å². The first-order valence-corrected chi connectivity index (χ1v) is 14.2. The van der Waals surface area contributed by atoms with E-state index >= 15 is 0 Å². The van der Waals surface area contributed by atoms with E-state index in [0.717, 1.165) is 78.2 Å². The van der Waals surface area contributed by atoms with Crippen molar-refractivity contribution >= 4 is 34.0 Å². The Balaban J connectivity index is 1.33. The molecule has 0 bridgehead atoms. The number of anilines is 1. The van der Waals surface area contributed by atoms with Crippen LogP contribution in [0.5, 0.6) is 11.5 Å². The van der Waals surface area contributed by atoms with Crippen LogP contribution in [-0.4, -0.2) is 55.4 Å². The zero-order chi connectivity index (χ0) is 25.0. The van der Waals surface area contributed by atoms with Gasteiger partial charge in [0, 0.05) is 43.2 Å². The topological polar surface area (TPSA) is 64.1 Å². The van der Waals surface area contributed by atoms with Gasteiger partial charge in [0.2, 0.25) is 12.7 Å². The summed E-state index contributed by atoms with van der Waals surface area (Å²) in [5.74, 6) is 2.57. The number of rotatable bonds is 8. The molecule has 1 aromatic carbocycles. The number of ether oxygens (including phenoxy) is 3. The first-order chi connectivity index (χ1) is 18.2. The molecule has 3 aliphatic rings. The summed E-state index contributed by atoms with van der Waals surface area (Å²) in [6.07, 6.45) is 8.57. The van der Waals surface area contributed by atoms with Crippen molar-refractivity contribution in [1.82, 2.24) is 9.88 Å². The molecule has 194 valence electrons. The van der Waals surface area contributed by atoms with Crippen LogP contribution in [0.25, 0.3) is 10.9 Å². The molecule has 0 N–H and O–H groups in total. The number of benzene rings is 1. The SMILES string of the molecule is O=C(Cc1ccsc1)N(CCC1=CCCCC1)Cc1cc2cc3c(cc2nc1N1CCOCC1)OCO3. The van der Waals surface area contributed by atoms with E-state index in [1.165, 1.54) is 18.4 Å². The number of carbonyl (C=O) groups is 1. The summed E-state index contributed by atoms with van der Waals surface area (Å²) in [6, 6.07) is 8.19. The lowest BCUT2D eigenvalue weighted by molar-refractivity contribution is -0.131. The minimum absolute atomic E-state index is 0.161. The van der Waals surface area contributed by atoms with E-state index in [0.29, 0.717) is 26.2 Å². The number of amides is 1. The van der Waals surface area contributed by atoms with Crippen molar-refractivity contribution in [3.63, 3.8) is 0 Å². The highest BCUT2D eigenvalue weighted by atomic mass is 32.1. The van der Waals surface area contributed by atoms with Gasteiger partial charge < -0.3 is 24.0 Å². The number of thiophene rings is 1. The Morgan fingerprint density at radius 1 is 1.11 bits per heavy atom. The van der Waals surface area contributed by atoms with E-state index in [4.69, 9.17) is 19.2 Å². The molecule has 0 radical (unpaired) electrons. The maximum Gasteiger partial charge on any atom is 0.231 e. The van der Waals surface area contributed by atoms with E-state index in [9.17, 15) is 4.79 Å². The zero-order valence-corrected chi connectivity index (χ0v) is 21.9. The fourth-order valence-electron chi connectivity index (χ4n) is 5.35. The van der Waals surface area contributed by atoms with Crippen LogP contribution in [0.15, 0.2) is 46.7 Å². The lowest BCUT2D eigenvalue weighted by Gasteiger charge is -2.31. The first kappa shape index (κ1) is 24.2. The number of pyridine rings is 1. The average molecular weight is 520 g/mol. The molecule has 2 aliphatic heterocycles. The summed E-state index contributed by atoms with van der Waals surface area (Å²) in [4.78, 5) is 23.0. The molecule has 1 fully saturated rings. The highest BCUT2D eigenvalue weighted by Gasteiger charge is 2.24. The molecule has 7 nitrogen and oxygen atoms in total. The second-order valence-electron chi connectivity index (χ2n) is 9.95. The van der Waals surface area contributed by atoms with E-state index < -0.39 is 0 Å². The van der Waals surface area contributed by atoms with Crippen molar-refractivity contribution < 1.29 is 19.0 Å². The molecule has 2 aromatic heterocycles. The van der Waals surface area contributed by atoms with E-state index in [2.05, 4.69) is 22.4 Å². The predicted octanol–water partition coefficient (Wildman–Crippen LogP) is 5.32. The Bertz CT molecular complexity index is 1280. The van der Waals surface area contributed by atoms with Crippen LogP contribution in [0.1, 0.15) is 43.2 Å². The van der Waals surface area contributed by atoms with Gasteiger partial charge in [0.25, 0.3) is 0 Å². The van der Waals surface area contributed by atoms with E-state index in [1.54, 1.807) is 11.3 Å². The quantitative estimate of drug-likeness (QED) is 0.375. The molecule has 37 heavy (non-hydrogen) atoms. The maximum absolute atomic E-state index is 13.6. The number of hydrogen-bond acceptors (Lipinski definition) is 7. The monoisotopic (exact) mass is 519 g/mol. The number of morpholine rings is 1. The summed E-state index contributed by atoms with van der Waals surface area (Å²) in [5.41, 5.74) is 4.49. The highest BCUT2D eigenvalue weighted by molar-refractivity contribution is 7.08. The first-order valence-electron chi connectivity index (χ1n) is 13.3. The van der Waals surface area contributed by atoms with Gasteiger partial charge in [-0.1, -0.05) is 11.6 Å². The predicted molar refractivity (Wildman–Crippen MR) is 146 cm³/mol. The average Bonchev–Trinajstić information content (AvgIpc) is 3.62. The molecular formula is C29H33N3O4S. The molecule has 6 rings (SSSR count). The van der Waals surface area contributed by atoms with E-state index in [1.807, 2.05) is 28.5 Å². The van der Waals surface area contributed by atoms with Crippen LogP contribution in [0.4, 0.5) is 5.82 Å². The summed E-state index contributed by atoms with van der Waals surface area (Å²) in [6.45, 7) is 4.40. The van der Waals surface area contributed by atoms with Gasteiger partial charge in [0.15, 0.2) is 11.5 Å². The smallest absolute Gasteiger partial charge is 0.231 e. The molecule has 1 aliphatic carbocycles. The largest absolute Gasteiger partial charge is 0.454 e. The van der Waals surface area contributed by atoms with Gasteiger partial charge in [0.1, 0.15) is 5.82 Å².